The number of para-hydroxylation sites is 1. The van der Waals surface area contributed by atoms with Crippen LogP contribution in [0.15, 0.2) is 24.3 Å². The lowest BCUT2D eigenvalue weighted by Gasteiger charge is -2.15. The van der Waals surface area contributed by atoms with Crippen LogP contribution in [0.3, 0.4) is 0 Å². The van der Waals surface area contributed by atoms with Crippen molar-refractivity contribution in [2.24, 2.45) is 0 Å². The smallest absolute Gasteiger partial charge is 0.414 e. The topological polar surface area (TPSA) is 49.8 Å². The minimum atomic E-state index is -0.405. The van der Waals surface area contributed by atoms with Crippen molar-refractivity contribution < 1.29 is 14.6 Å². The second-order valence-electron chi connectivity index (χ2n) is 3.59. The Morgan fingerprint density at radius 1 is 1.53 bits per heavy atom. The summed E-state index contributed by atoms with van der Waals surface area (Å²) in [4.78, 5) is 13.0. The molecule has 0 saturated carbocycles. The zero-order valence-electron chi connectivity index (χ0n) is 8.51. The molecule has 1 atom stereocenters. The van der Waals surface area contributed by atoms with E-state index in [1.807, 2.05) is 31.2 Å². The molecule has 0 bridgehead atoms. The second kappa shape index (κ2) is 3.90. The lowest BCUT2D eigenvalue weighted by Crippen LogP contribution is -2.25. The maximum atomic E-state index is 11.5. The van der Waals surface area contributed by atoms with E-state index < -0.39 is 6.10 Å². The van der Waals surface area contributed by atoms with Gasteiger partial charge in [-0.2, -0.15) is 0 Å². The van der Waals surface area contributed by atoms with E-state index in [1.165, 1.54) is 0 Å². The summed E-state index contributed by atoms with van der Waals surface area (Å²) in [7, 11) is 0. The Hall–Kier alpha value is -1.55. The lowest BCUT2D eigenvalue weighted by atomic mass is 10.2. The molecule has 0 aromatic heterocycles. The van der Waals surface area contributed by atoms with E-state index in [0.717, 1.165) is 11.3 Å². The van der Waals surface area contributed by atoms with Crippen LogP contribution in [0.5, 0.6) is 0 Å². The maximum Gasteiger partial charge on any atom is 0.414 e. The first-order valence-electron chi connectivity index (χ1n) is 4.87. The number of hydrogen-bond acceptors (Lipinski definition) is 3. The number of aliphatic hydroxyl groups excluding tert-OH is 1. The average molecular weight is 207 g/mol. The zero-order chi connectivity index (χ0) is 10.8. The quantitative estimate of drug-likeness (QED) is 0.795. The number of ether oxygens (including phenoxy) is 1. The van der Waals surface area contributed by atoms with Crippen molar-refractivity contribution in [2.75, 3.05) is 18.1 Å². The summed E-state index contributed by atoms with van der Waals surface area (Å²) in [5.74, 6) is 0. The standard InChI is InChI=1S/C11H13NO3/c1-8-4-2-3-5-10(8)12-6-9(7-13)15-11(12)14/h2-5,9,13H,6-7H2,1H3/t9-/m1/s1. The Balaban J connectivity index is 2.25. The Morgan fingerprint density at radius 2 is 2.27 bits per heavy atom. The SMILES string of the molecule is Cc1ccccc1N1C[C@H](CO)OC1=O. The molecule has 1 N–H and O–H groups in total. The van der Waals surface area contributed by atoms with Gasteiger partial charge in [0.2, 0.25) is 0 Å². The summed E-state index contributed by atoms with van der Waals surface area (Å²) in [5.41, 5.74) is 1.87. The minimum absolute atomic E-state index is 0.131. The summed E-state index contributed by atoms with van der Waals surface area (Å²) in [6.07, 6.45) is -0.791. The van der Waals surface area contributed by atoms with Crippen LogP contribution >= 0.6 is 0 Å². The van der Waals surface area contributed by atoms with Gasteiger partial charge in [0.1, 0.15) is 6.10 Å². The summed E-state index contributed by atoms with van der Waals surface area (Å²) in [6.45, 7) is 2.23. The molecule has 1 aromatic rings. The number of nitrogens with zero attached hydrogens (tertiary/aromatic N) is 1. The average Bonchev–Trinajstić information content (AvgIpc) is 2.60. The fraction of sp³-hybridized carbons (Fsp3) is 0.364. The predicted molar refractivity (Wildman–Crippen MR) is 55.9 cm³/mol. The number of cyclic esters (lactones) is 1. The van der Waals surface area contributed by atoms with Gasteiger partial charge >= 0.3 is 6.09 Å². The predicted octanol–water partition coefficient (Wildman–Crippen LogP) is 1.31. The summed E-state index contributed by atoms with van der Waals surface area (Å²) >= 11 is 0. The van der Waals surface area contributed by atoms with E-state index in [2.05, 4.69) is 0 Å². The number of hydrogen-bond donors (Lipinski definition) is 1. The van der Waals surface area contributed by atoms with Crippen LogP contribution in [0.25, 0.3) is 0 Å². The molecule has 2 rings (SSSR count). The first kappa shape index (κ1) is 9.98. The Morgan fingerprint density at radius 3 is 2.87 bits per heavy atom. The Kier molecular flexibility index (Phi) is 2.60. The number of carbonyl (C=O) groups excluding carboxylic acids is 1. The third kappa shape index (κ3) is 1.80. The van der Waals surface area contributed by atoms with E-state index in [9.17, 15) is 4.79 Å². The minimum Gasteiger partial charge on any atom is -0.441 e. The first-order valence-corrected chi connectivity index (χ1v) is 4.87. The molecule has 1 fully saturated rings. The molecule has 1 saturated heterocycles. The number of aryl methyl sites for hydroxylation is 1. The van der Waals surface area contributed by atoms with Crippen LogP contribution in [0.2, 0.25) is 0 Å². The largest absolute Gasteiger partial charge is 0.441 e. The van der Waals surface area contributed by atoms with Gasteiger partial charge in [-0.05, 0) is 18.6 Å². The lowest BCUT2D eigenvalue weighted by molar-refractivity contribution is 0.0963. The number of anilines is 1. The van der Waals surface area contributed by atoms with E-state index >= 15 is 0 Å². The maximum absolute atomic E-state index is 11.5. The van der Waals surface area contributed by atoms with Crippen LogP contribution in [-0.4, -0.2) is 30.5 Å². The number of carbonyl (C=O) groups is 1. The van der Waals surface area contributed by atoms with Gasteiger partial charge < -0.3 is 9.84 Å². The molecule has 80 valence electrons. The molecule has 1 aliphatic heterocycles. The van der Waals surface area contributed by atoms with E-state index in [-0.39, 0.29) is 12.7 Å². The Labute approximate surface area is 88.1 Å². The molecule has 0 spiro atoms. The van der Waals surface area contributed by atoms with E-state index in [1.54, 1.807) is 4.90 Å². The van der Waals surface area contributed by atoms with Gasteiger partial charge in [-0.15, -0.1) is 0 Å². The highest BCUT2D eigenvalue weighted by molar-refractivity contribution is 5.90. The van der Waals surface area contributed by atoms with Crippen LogP contribution in [0.4, 0.5) is 10.5 Å². The van der Waals surface area contributed by atoms with Crippen molar-refractivity contribution >= 4 is 11.8 Å². The number of benzene rings is 1. The highest BCUT2D eigenvalue weighted by Gasteiger charge is 2.32. The number of aliphatic hydroxyl groups is 1. The zero-order valence-corrected chi connectivity index (χ0v) is 8.51. The van der Waals surface area contributed by atoms with Gasteiger partial charge in [0.25, 0.3) is 0 Å². The van der Waals surface area contributed by atoms with Crippen LogP contribution in [0, 0.1) is 6.92 Å². The van der Waals surface area contributed by atoms with Crippen molar-refractivity contribution in [2.45, 2.75) is 13.0 Å². The van der Waals surface area contributed by atoms with E-state index in [4.69, 9.17) is 9.84 Å². The fourth-order valence-electron chi connectivity index (χ4n) is 1.68. The van der Waals surface area contributed by atoms with Crippen molar-refractivity contribution in [3.05, 3.63) is 29.8 Å². The highest BCUT2D eigenvalue weighted by Crippen LogP contribution is 2.24. The van der Waals surface area contributed by atoms with Gasteiger partial charge in [0.05, 0.1) is 18.8 Å². The monoisotopic (exact) mass is 207 g/mol. The van der Waals surface area contributed by atoms with E-state index in [0.29, 0.717) is 6.54 Å². The van der Waals surface area contributed by atoms with Crippen LogP contribution in [-0.2, 0) is 4.74 Å². The van der Waals surface area contributed by atoms with Gasteiger partial charge in [-0.25, -0.2) is 4.79 Å². The third-order valence-electron chi connectivity index (χ3n) is 2.48. The summed E-state index contributed by atoms with van der Waals surface area (Å²) in [5, 5.41) is 8.91. The summed E-state index contributed by atoms with van der Waals surface area (Å²) in [6, 6.07) is 7.61. The van der Waals surface area contributed by atoms with Crippen molar-refractivity contribution in [1.82, 2.24) is 0 Å². The van der Waals surface area contributed by atoms with Gasteiger partial charge in [0.15, 0.2) is 0 Å². The fourth-order valence-corrected chi connectivity index (χ4v) is 1.68. The first-order chi connectivity index (χ1) is 7.22. The molecule has 4 heteroatoms. The molecule has 1 heterocycles. The number of rotatable bonds is 2. The van der Waals surface area contributed by atoms with Gasteiger partial charge in [-0.3, -0.25) is 4.90 Å². The summed E-state index contributed by atoms with van der Waals surface area (Å²) < 4.78 is 4.97. The molecule has 0 unspecified atom stereocenters. The molecule has 1 amide bonds. The van der Waals surface area contributed by atoms with Crippen molar-refractivity contribution in [3.63, 3.8) is 0 Å². The molecule has 15 heavy (non-hydrogen) atoms. The van der Waals surface area contributed by atoms with Crippen LogP contribution < -0.4 is 4.90 Å². The Bertz CT molecular complexity index is 378. The molecular formula is C11H13NO3. The molecular weight excluding hydrogens is 194 g/mol. The molecule has 0 radical (unpaired) electrons. The van der Waals surface area contributed by atoms with Gasteiger partial charge in [0, 0.05) is 0 Å². The molecule has 4 nitrogen and oxygen atoms in total. The third-order valence-corrected chi connectivity index (χ3v) is 2.48. The molecule has 1 aromatic carbocycles. The second-order valence-corrected chi connectivity index (χ2v) is 3.59. The molecule has 0 aliphatic carbocycles. The van der Waals surface area contributed by atoms with Gasteiger partial charge in [-0.1, -0.05) is 18.2 Å². The normalized spacial score (nSPS) is 20.5. The van der Waals surface area contributed by atoms with Crippen molar-refractivity contribution in [1.29, 1.82) is 0 Å². The molecule has 1 aliphatic rings. The van der Waals surface area contributed by atoms with Crippen molar-refractivity contribution in [3.8, 4) is 0 Å². The highest BCUT2D eigenvalue weighted by atomic mass is 16.6. The number of amides is 1. The van der Waals surface area contributed by atoms with Crippen LogP contribution in [0.1, 0.15) is 5.56 Å².